The second-order valence-electron chi connectivity index (χ2n) is 8.91. The molecule has 0 unspecified atom stereocenters. The molecule has 0 bridgehead atoms. The number of anilines is 1. The van der Waals surface area contributed by atoms with Gasteiger partial charge < -0.3 is 15.2 Å². The Labute approximate surface area is 166 Å². The number of nitrogens with zero attached hydrogens (tertiary/aromatic N) is 2. The topological polar surface area (TPSA) is 97.1 Å². The number of carbonyl (C=O) groups excluding carboxylic acids is 2. The van der Waals surface area contributed by atoms with Gasteiger partial charge >= 0.3 is 0 Å². The molecule has 1 aromatic heterocycles. The lowest BCUT2D eigenvalue weighted by Gasteiger charge is -2.21. The van der Waals surface area contributed by atoms with E-state index in [1.807, 2.05) is 41.5 Å². The van der Waals surface area contributed by atoms with E-state index in [0.717, 1.165) is 0 Å². The zero-order valence-electron chi connectivity index (χ0n) is 17.5. The third kappa shape index (κ3) is 6.48. The summed E-state index contributed by atoms with van der Waals surface area (Å²) >= 11 is 0. The van der Waals surface area contributed by atoms with E-state index in [2.05, 4.69) is 20.8 Å². The number of benzene rings is 1. The number of carbonyl (C=O) groups is 2. The Bertz CT molecular complexity index is 829. The van der Waals surface area contributed by atoms with Gasteiger partial charge in [-0.15, -0.1) is 0 Å². The van der Waals surface area contributed by atoms with Crippen molar-refractivity contribution in [2.75, 3.05) is 5.32 Å². The fraction of sp³-hybridized carbons (Fsp3) is 0.524. The van der Waals surface area contributed by atoms with Crippen LogP contribution in [-0.2, 0) is 16.6 Å². The second-order valence-corrected chi connectivity index (χ2v) is 8.91. The first kappa shape index (κ1) is 21.6. The molecule has 1 aromatic carbocycles. The molecule has 2 rings (SSSR count). The molecule has 0 spiro atoms. The molecule has 0 saturated heterocycles. The van der Waals surface area contributed by atoms with E-state index in [1.165, 1.54) is 0 Å². The number of rotatable bonds is 6. The van der Waals surface area contributed by atoms with Crippen LogP contribution in [0.4, 0.5) is 5.69 Å². The molecule has 0 radical (unpaired) electrons. The zero-order chi connectivity index (χ0) is 20.9. The van der Waals surface area contributed by atoms with E-state index in [-0.39, 0.29) is 22.8 Å². The van der Waals surface area contributed by atoms with Crippen LogP contribution in [0.3, 0.4) is 0 Å². The minimum absolute atomic E-state index is 0.161. The van der Waals surface area contributed by atoms with Gasteiger partial charge in [0.1, 0.15) is 0 Å². The van der Waals surface area contributed by atoms with Crippen molar-refractivity contribution in [3.63, 3.8) is 0 Å². The standard InChI is InChI=1S/C21H30N4O3/c1-20(2,3)19-23-17(28-25-19)13-9-12-16(26)22-15-11-8-7-10-14(15)18(27)24-21(4,5)6/h7-8,10-11H,9,12-13H2,1-6H3,(H,22,26)(H,24,27). The third-order valence-corrected chi connectivity index (χ3v) is 3.87. The van der Waals surface area contributed by atoms with Gasteiger partial charge in [-0.05, 0) is 39.3 Å². The lowest BCUT2D eigenvalue weighted by atomic mass is 9.96. The monoisotopic (exact) mass is 386 g/mol. The molecule has 0 aliphatic heterocycles. The van der Waals surface area contributed by atoms with Crippen LogP contribution in [-0.4, -0.2) is 27.5 Å². The van der Waals surface area contributed by atoms with E-state index in [9.17, 15) is 9.59 Å². The molecule has 0 aliphatic rings. The summed E-state index contributed by atoms with van der Waals surface area (Å²) in [6.45, 7) is 11.8. The number of hydrogen-bond acceptors (Lipinski definition) is 5. The first-order valence-corrected chi connectivity index (χ1v) is 9.50. The van der Waals surface area contributed by atoms with Crippen LogP contribution in [0, 0.1) is 0 Å². The normalized spacial score (nSPS) is 11.9. The summed E-state index contributed by atoms with van der Waals surface area (Å²) in [7, 11) is 0. The largest absolute Gasteiger partial charge is 0.347 e. The first-order chi connectivity index (χ1) is 13.0. The predicted octanol–water partition coefficient (Wildman–Crippen LogP) is 3.86. The molecule has 28 heavy (non-hydrogen) atoms. The molecule has 0 saturated carbocycles. The molecule has 7 heteroatoms. The highest BCUT2D eigenvalue weighted by Crippen LogP contribution is 2.19. The molecule has 0 fully saturated rings. The van der Waals surface area contributed by atoms with Crippen LogP contribution in [0.5, 0.6) is 0 Å². The number of nitrogens with one attached hydrogen (secondary N) is 2. The molecule has 1 heterocycles. The van der Waals surface area contributed by atoms with Crippen LogP contribution in [0.1, 0.15) is 76.5 Å². The fourth-order valence-electron chi connectivity index (χ4n) is 2.47. The number of aromatic nitrogens is 2. The van der Waals surface area contributed by atoms with E-state index in [1.54, 1.807) is 24.3 Å². The van der Waals surface area contributed by atoms with Crippen LogP contribution >= 0.6 is 0 Å². The van der Waals surface area contributed by atoms with Crippen LogP contribution in [0.15, 0.2) is 28.8 Å². The molecule has 0 atom stereocenters. The van der Waals surface area contributed by atoms with E-state index < -0.39 is 0 Å². The van der Waals surface area contributed by atoms with Gasteiger partial charge in [-0.2, -0.15) is 4.98 Å². The molecule has 7 nitrogen and oxygen atoms in total. The average Bonchev–Trinajstić information content (AvgIpc) is 3.03. The van der Waals surface area contributed by atoms with Crippen LogP contribution in [0.25, 0.3) is 0 Å². The maximum Gasteiger partial charge on any atom is 0.253 e. The Morgan fingerprint density at radius 3 is 2.36 bits per heavy atom. The Balaban J connectivity index is 1.91. The maximum absolute atomic E-state index is 12.5. The van der Waals surface area contributed by atoms with Crippen molar-refractivity contribution in [2.24, 2.45) is 0 Å². The quantitative estimate of drug-likeness (QED) is 0.786. The highest BCUT2D eigenvalue weighted by Gasteiger charge is 2.21. The van der Waals surface area contributed by atoms with Gasteiger partial charge in [0.2, 0.25) is 11.8 Å². The Hall–Kier alpha value is -2.70. The minimum Gasteiger partial charge on any atom is -0.347 e. The Morgan fingerprint density at radius 2 is 1.75 bits per heavy atom. The molecule has 2 aromatic rings. The summed E-state index contributed by atoms with van der Waals surface area (Å²) in [6.07, 6.45) is 1.40. The molecule has 2 amide bonds. The smallest absolute Gasteiger partial charge is 0.253 e. The lowest BCUT2D eigenvalue weighted by Crippen LogP contribution is -2.40. The average molecular weight is 386 g/mol. The highest BCUT2D eigenvalue weighted by atomic mass is 16.5. The van der Waals surface area contributed by atoms with Crippen molar-refractivity contribution < 1.29 is 14.1 Å². The molecular formula is C21H30N4O3. The number of hydrogen-bond donors (Lipinski definition) is 2. The molecular weight excluding hydrogens is 356 g/mol. The summed E-state index contributed by atoms with van der Waals surface area (Å²) in [4.78, 5) is 29.1. The van der Waals surface area contributed by atoms with E-state index in [0.29, 0.717) is 42.2 Å². The van der Waals surface area contributed by atoms with Gasteiger partial charge in [0, 0.05) is 23.8 Å². The highest BCUT2D eigenvalue weighted by molar-refractivity contribution is 6.03. The van der Waals surface area contributed by atoms with Gasteiger partial charge in [0.15, 0.2) is 5.82 Å². The van der Waals surface area contributed by atoms with Gasteiger partial charge in [-0.3, -0.25) is 9.59 Å². The molecule has 152 valence electrons. The lowest BCUT2D eigenvalue weighted by molar-refractivity contribution is -0.116. The summed E-state index contributed by atoms with van der Waals surface area (Å²) in [5, 5.41) is 9.72. The summed E-state index contributed by atoms with van der Waals surface area (Å²) in [5.41, 5.74) is 0.417. The maximum atomic E-state index is 12.5. The zero-order valence-corrected chi connectivity index (χ0v) is 17.5. The predicted molar refractivity (Wildman–Crippen MR) is 108 cm³/mol. The fourth-order valence-corrected chi connectivity index (χ4v) is 2.47. The number of amides is 2. The van der Waals surface area contributed by atoms with Crippen molar-refractivity contribution in [3.05, 3.63) is 41.5 Å². The first-order valence-electron chi connectivity index (χ1n) is 9.50. The van der Waals surface area contributed by atoms with E-state index in [4.69, 9.17) is 4.52 Å². The Kier molecular flexibility index (Phi) is 6.59. The van der Waals surface area contributed by atoms with Crippen LogP contribution < -0.4 is 10.6 Å². The van der Waals surface area contributed by atoms with Crippen LogP contribution in [0.2, 0.25) is 0 Å². The van der Waals surface area contributed by atoms with Crippen molar-refractivity contribution in [3.8, 4) is 0 Å². The summed E-state index contributed by atoms with van der Waals surface area (Å²) in [5.74, 6) is 0.809. The number of aryl methyl sites for hydroxylation is 1. The summed E-state index contributed by atoms with van der Waals surface area (Å²) in [6, 6.07) is 6.98. The van der Waals surface area contributed by atoms with Crippen molar-refractivity contribution in [2.45, 2.75) is 71.8 Å². The van der Waals surface area contributed by atoms with Crippen molar-refractivity contribution >= 4 is 17.5 Å². The van der Waals surface area contributed by atoms with Gasteiger partial charge in [-0.25, -0.2) is 0 Å². The second kappa shape index (κ2) is 8.54. The Morgan fingerprint density at radius 1 is 1.07 bits per heavy atom. The molecule has 2 N–H and O–H groups in total. The van der Waals surface area contributed by atoms with E-state index >= 15 is 0 Å². The third-order valence-electron chi connectivity index (χ3n) is 3.87. The van der Waals surface area contributed by atoms with Gasteiger partial charge in [0.25, 0.3) is 5.91 Å². The minimum atomic E-state index is -0.357. The molecule has 0 aliphatic carbocycles. The summed E-state index contributed by atoms with van der Waals surface area (Å²) < 4.78 is 5.24. The van der Waals surface area contributed by atoms with Gasteiger partial charge in [0.05, 0.1) is 11.3 Å². The SMILES string of the molecule is CC(C)(C)NC(=O)c1ccccc1NC(=O)CCCc1nc(C(C)(C)C)no1. The van der Waals surface area contributed by atoms with Crippen molar-refractivity contribution in [1.82, 2.24) is 15.5 Å². The number of para-hydroxylation sites is 1. The van der Waals surface area contributed by atoms with Gasteiger partial charge in [-0.1, -0.05) is 38.1 Å². The van der Waals surface area contributed by atoms with Crippen molar-refractivity contribution in [1.29, 1.82) is 0 Å².